The van der Waals surface area contributed by atoms with Gasteiger partial charge < -0.3 is 5.32 Å². The fourth-order valence-corrected chi connectivity index (χ4v) is 3.90. The van der Waals surface area contributed by atoms with Crippen LogP contribution in [0.3, 0.4) is 0 Å². The third-order valence-corrected chi connectivity index (χ3v) is 5.99. The Labute approximate surface area is 163 Å². The molecule has 7 heteroatoms. The van der Waals surface area contributed by atoms with Gasteiger partial charge in [-0.05, 0) is 48.5 Å². The number of nitrogens with one attached hydrogen (secondary N) is 1. The molecule has 0 aliphatic heterocycles. The minimum absolute atomic E-state index is 0.182. The fourth-order valence-electron chi connectivity index (χ4n) is 2.50. The molecule has 0 atom stereocenters. The van der Waals surface area contributed by atoms with Crippen molar-refractivity contribution in [2.75, 3.05) is 16.7 Å². The Hall–Kier alpha value is -2.83. The van der Waals surface area contributed by atoms with Crippen molar-refractivity contribution in [3.8, 4) is 0 Å². The highest BCUT2D eigenvalue weighted by molar-refractivity contribution is 7.92. The number of halogens is 1. The van der Waals surface area contributed by atoms with Crippen LogP contribution >= 0.6 is 11.6 Å². The first-order chi connectivity index (χ1) is 12.9. The molecule has 0 saturated carbocycles. The molecule has 3 rings (SSSR count). The maximum Gasteiger partial charge on any atom is 0.264 e. The summed E-state index contributed by atoms with van der Waals surface area (Å²) in [6, 6.07) is 21.3. The lowest BCUT2D eigenvalue weighted by atomic mass is 10.2. The number of nitrogens with zero attached hydrogens (tertiary/aromatic N) is 1. The largest absolute Gasteiger partial charge is 0.322 e. The van der Waals surface area contributed by atoms with Gasteiger partial charge in [-0.2, -0.15) is 0 Å². The molecule has 0 fully saturated rings. The Bertz CT molecular complexity index is 1070. The van der Waals surface area contributed by atoms with Gasteiger partial charge in [0.2, 0.25) is 0 Å². The summed E-state index contributed by atoms with van der Waals surface area (Å²) in [6.45, 7) is 0. The molecular formula is C20H17ClN2O3S. The summed E-state index contributed by atoms with van der Waals surface area (Å²) < 4.78 is 26.7. The highest BCUT2D eigenvalue weighted by atomic mass is 35.5. The Morgan fingerprint density at radius 3 is 2.33 bits per heavy atom. The highest BCUT2D eigenvalue weighted by Crippen LogP contribution is 2.23. The van der Waals surface area contributed by atoms with Crippen molar-refractivity contribution in [1.29, 1.82) is 0 Å². The first-order valence-electron chi connectivity index (χ1n) is 8.09. The molecule has 138 valence electrons. The van der Waals surface area contributed by atoms with Crippen LogP contribution in [0.4, 0.5) is 11.4 Å². The summed E-state index contributed by atoms with van der Waals surface area (Å²) in [5, 5.41) is 3.25. The van der Waals surface area contributed by atoms with Crippen LogP contribution in [0.1, 0.15) is 10.4 Å². The second kappa shape index (κ2) is 7.82. The lowest BCUT2D eigenvalue weighted by Gasteiger charge is -2.20. The van der Waals surface area contributed by atoms with Crippen molar-refractivity contribution in [2.24, 2.45) is 0 Å². The molecule has 0 aromatic heterocycles. The molecule has 0 radical (unpaired) electrons. The van der Waals surface area contributed by atoms with Crippen molar-refractivity contribution in [2.45, 2.75) is 4.90 Å². The van der Waals surface area contributed by atoms with E-state index in [1.54, 1.807) is 60.7 Å². The van der Waals surface area contributed by atoms with Gasteiger partial charge in [-0.25, -0.2) is 8.42 Å². The van der Waals surface area contributed by atoms with Crippen molar-refractivity contribution in [3.63, 3.8) is 0 Å². The van der Waals surface area contributed by atoms with E-state index >= 15 is 0 Å². The molecule has 1 N–H and O–H groups in total. The van der Waals surface area contributed by atoms with Crippen molar-refractivity contribution in [3.05, 3.63) is 89.4 Å². The molecule has 0 aliphatic carbocycles. The molecule has 27 heavy (non-hydrogen) atoms. The predicted octanol–water partition coefficient (Wildman–Crippen LogP) is 4.42. The van der Waals surface area contributed by atoms with Gasteiger partial charge in [0, 0.05) is 23.3 Å². The first-order valence-corrected chi connectivity index (χ1v) is 9.91. The van der Waals surface area contributed by atoms with E-state index in [0.717, 1.165) is 4.31 Å². The highest BCUT2D eigenvalue weighted by Gasteiger charge is 2.21. The first kappa shape index (κ1) is 18.9. The molecule has 3 aromatic carbocycles. The summed E-state index contributed by atoms with van der Waals surface area (Å²) in [4.78, 5) is 12.7. The van der Waals surface area contributed by atoms with Crippen LogP contribution in [0, 0.1) is 0 Å². The molecule has 0 heterocycles. The van der Waals surface area contributed by atoms with Crippen LogP contribution in [-0.4, -0.2) is 21.4 Å². The molecule has 0 saturated heterocycles. The lowest BCUT2D eigenvalue weighted by Crippen LogP contribution is -2.26. The number of hydrogen-bond acceptors (Lipinski definition) is 3. The van der Waals surface area contributed by atoms with Gasteiger partial charge in [0.1, 0.15) is 0 Å². The van der Waals surface area contributed by atoms with E-state index in [9.17, 15) is 13.2 Å². The summed E-state index contributed by atoms with van der Waals surface area (Å²) in [6.07, 6.45) is 0. The van der Waals surface area contributed by atoms with Gasteiger partial charge in [-0.1, -0.05) is 41.9 Å². The fraction of sp³-hybridized carbons (Fsp3) is 0.0500. The van der Waals surface area contributed by atoms with Crippen LogP contribution in [0.2, 0.25) is 5.02 Å². The lowest BCUT2D eigenvalue weighted by molar-refractivity contribution is 0.102. The van der Waals surface area contributed by atoms with E-state index in [1.807, 2.05) is 0 Å². The predicted molar refractivity (Wildman–Crippen MR) is 108 cm³/mol. The summed E-state index contributed by atoms with van der Waals surface area (Å²) >= 11 is 5.92. The Balaban J connectivity index is 1.86. The van der Waals surface area contributed by atoms with Gasteiger partial charge in [0.25, 0.3) is 15.9 Å². The van der Waals surface area contributed by atoms with E-state index in [1.165, 1.54) is 25.2 Å². The molecular weight excluding hydrogens is 384 g/mol. The van der Waals surface area contributed by atoms with E-state index in [4.69, 9.17) is 11.6 Å². The molecule has 5 nitrogen and oxygen atoms in total. The van der Waals surface area contributed by atoms with Crippen LogP contribution in [0.15, 0.2) is 83.8 Å². The van der Waals surface area contributed by atoms with E-state index in [2.05, 4.69) is 5.32 Å². The Morgan fingerprint density at radius 2 is 1.63 bits per heavy atom. The van der Waals surface area contributed by atoms with Crippen molar-refractivity contribution in [1.82, 2.24) is 0 Å². The summed E-state index contributed by atoms with van der Waals surface area (Å²) in [7, 11) is -2.26. The molecule has 0 bridgehead atoms. The SMILES string of the molecule is CN(c1cccc(C(=O)Nc2cccc(Cl)c2)c1)S(=O)(=O)c1ccccc1. The molecule has 3 aromatic rings. The zero-order chi connectivity index (χ0) is 19.4. The minimum Gasteiger partial charge on any atom is -0.322 e. The van der Waals surface area contributed by atoms with E-state index in [-0.39, 0.29) is 10.8 Å². The topological polar surface area (TPSA) is 66.5 Å². The van der Waals surface area contributed by atoms with Crippen molar-refractivity contribution < 1.29 is 13.2 Å². The van der Waals surface area contributed by atoms with Gasteiger partial charge >= 0.3 is 0 Å². The smallest absolute Gasteiger partial charge is 0.264 e. The molecule has 0 unspecified atom stereocenters. The minimum atomic E-state index is -3.71. The number of anilines is 2. The van der Waals surface area contributed by atoms with Crippen LogP contribution in [0.5, 0.6) is 0 Å². The number of rotatable bonds is 5. The van der Waals surface area contributed by atoms with Gasteiger partial charge in [-0.15, -0.1) is 0 Å². The zero-order valence-corrected chi connectivity index (χ0v) is 16.0. The Kier molecular flexibility index (Phi) is 5.48. The molecule has 1 amide bonds. The summed E-state index contributed by atoms with van der Waals surface area (Å²) in [5.41, 5.74) is 1.28. The van der Waals surface area contributed by atoms with Gasteiger partial charge in [0.05, 0.1) is 10.6 Å². The van der Waals surface area contributed by atoms with Gasteiger partial charge in [0.15, 0.2) is 0 Å². The molecule has 0 aliphatic rings. The average molecular weight is 401 g/mol. The quantitative estimate of drug-likeness (QED) is 0.689. The zero-order valence-electron chi connectivity index (χ0n) is 14.5. The van der Waals surface area contributed by atoms with Gasteiger partial charge in [-0.3, -0.25) is 9.10 Å². The van der Waals surface area contributed by atoms with Crippen molar-refractivity contribution >= 4 is 38.9 Å². The van der Waals surface area contributed by atoms with E-state index in [0.29, 0.717) is 22.0 Å². The number of carbonyl (C=O) groups is 1. The standard InChI is InChI=1S/C20H17ClN2O3S/c1-23(27(25,26)19-11-3-2-4-12-19)18-10-5-7-15(13-18)20(24)22-17-9-6-8-16(21)14-17/h2-14H,1H3,(H,22,24). The summed E-state index contributed by atoms with van der Waals surface area (Å²) in [5.74, 6) is -0.357. The number of benzene rings is 3. The third kappa shape index (κ3) is 4.30. The number of carbonyl (C=O) groups excluding carboxylic acids is 1. The second-order valence-corrected chi connectivity index (χ2v) is 8.21. The van der Waals surface area contributed by atoms with Crippen LogP contribution in [-0.2, 0) is 10.0 Å². The monoisotopic (exact) mass is 400 g/mol. The van der Waals surface area contributed by atoms with E-state index < -0.39 is 10.0 Å². The van der Waals surface area contributed by atoms with Crippen LogP contribution < -0.4 is 9.62 Å². The average Bonchev–Trinajstić information content (AvgIpc) is 2.68. The normalized spacial score (nSPS) is 11.0. The number of amides is 1. The second-order valence-electron chi connectivity index (χ2n) is 5.80. The number of sulfonamides is 1. The third-order valence-electron chi connectivity index (χ3n) is 3.96. The maximum atomic E-state index is 12.8. The number of hydrogen-bond donors (Lipinski definition) is 1. The van der Waals surface area contributed by atoms with Crippen LogP contribution in [0.25, 0.3) is 0 Å². The maximum absolute atomic E-state index is 12.8. The molecule has 0 spiro atoms. The Morgan fingerprint density at radius 1 is 0.926 bits per heavy atom.